The number of fused-ring (bicyclic) bond motifs is 1. The quantitative estimate of drug-likeness (QED) is 0.504. The van der Waals surface area contributed by atoms with Crippen molar-refractivity contribution < 1.29 is 10.2 Å². The summed E-state index contributed by atoms with van der Waals surface area (Å²) in [7, 11) is 0. The van der Waals surface area contributed by atoms with E-state index in [1.54, 1.807) is 6.20 Å². The first-order valence-electron chi connectivity index (χ1n) is 12.2. The predicted octanol–water partition coefficient (Wildman–Crippen LogP) is 2.86. The lowest BCUT2D eigenvalue weighted by Crippen LogP contribution is -2.43. The summed E-state index contributed by atoms with van der Waals surface area (Å²) >= 11 is 0. The lowest BCUT2D eigenvalue weighted by atomic mass is 9.94. The Bertz CT molecular complexity index is 1150. The number of hydrogen-bond donors (Lipinski definition) is 3. The number of nitrogens with zero attached hydrogens (tertiary/aromatic N) is 7. The molecule has 0 amide bonds. The van der Waals surface area contributed by atoms with Crippen LogP contribution in [0.1, 0.15) is 52.5 Å². The minimum absolute atomic E-state index is 0.237. The fourth-order valence-electron chi connectivity index (χ4n) is 4.65. The van der Waals surface area contributed by atoms with Gasteiger partial charge in [0.05, 0.1) is 22.6 Å². The molecule has 2 aliphatic rings. The third-order valence-corrected chi connectivity index (χ3v) is 7.07. The molecule has 0 saturated carbocycles. The highest BCUT2D eigenvalue weighted by Gasteiger charge is 2.29. The van der Waals surface area contributed by atoms with Crippen LogP contribution in [0.15, 0.2) is 24.5 Å². The average Bonchev–Trinajstić information content (AvgIpc) is 3.42. The van der Waals surface area contributed by atoms with Crippen molar-refractivity contribution in [3.8, 4) is 0 Å². The summed E-state index contributed by atoms with van der Waals surface area (Å²) in [6.07, 6.45) is 6.41. The van der Waals surface area contributed by atoms with E-state index in [-0.39, 0.29) is 12.1 Å². The van der Waals surface area contributed by atoms with E-state index in [9.17, 15) is 10.2 Å². The second kappa shape index (κ2) is 8.99. The van der Waals surface area contributed by atoms with E-state index < -0.39 is 5.60 Å². The first-order valence-corrected chi connectivity index (χ1v) is 12.2. The van der Waals surface area contributed by atoms with E-state index in [1.165, 1.54) is 0 Å². The van der Waals surface area contributed by atoms with Crippen LogP contribution in [0.2, 0.25) is 0 Å². The van der Waals surface area contributed by atoms with Crippen molar-refractivity contribution in [2.75, 3.05) is 41.3 Å². The average molecular weight is 467 g/mol. The van der Waals surface area contributed by atoms with Gasteiger partial charge < -0.3 is 25.3 Å². The topological polar surface area (TPSA) is 115 Å². The number of rotatable bonds is 6. The number of hydrogen-bond acceptors (Lipinski definition) is 9. The zero-order chi connectivity index (χ0) is 23.9. The number of piperidine rings is 1. The molecule has 10 heteroatoms. The Morgan fingerprint density at radius 3 is 2.68 bits per heavy atom. The second-order valence-corrected chi connectivity index (χ2v) is 9.85. The third kappa shape index (κ3) is 4.52. The molecule has 0 aromatic carbocycles. The van der Waals surface area contributed by atoms with Gasteiger partial charge in [0.15, 0.2) is 5.82 Å². The molecule has 5 heterocycles. The van der Waals surface area contributed by atoms with E-state index in [0.29, 0.717) is 37.0 Å². The van der Waals surface area contributed by atoms with E-state index in [1.807, 2.05) is 25.3 Å². The molecule has 10 nitrogen and oxygen atoms in total. The molecular weight excluding hydrogens is 432 g/mol. The van der Waals surface area contributed by atoms with Gasteiger partial charge in [-0.15, -0.1) is 0 Å². The van der Waals surface area contributed by atoms with Gasteiger partial charge in [0, 0.05) is 50.7 Å². The summed E-state index contributed by atoms with van der Waals surface area (Å²) in [6, 6.07) is 4.09. The highest BCUT2D eigenvalue weighted by Crippen LogP contribution is 2.32. The van der Waals surface area contributed by atoms with Gasteiger partial charge in [-0.1, -0.05) is 6.92 Å². The summed E-state index contributed by atoms with van der Waals surface area (Å²) in [5.74, 6) is 2.90. The molecule has 0 bridgehead atoms. The van der Waals surface area contributed by atoms with E-state index in [4.69, 9.17) is 10.1 Å². The number of aromatic nitrogens is 5. The van der Waals surface area contributed by atoms with Crippen LogP contribution in [-0.4, -0.2) is 72.8 Å². The molecule has 0 aliphatic carbocycles. The number of β-amino-alcohol motifs (C(OH)–C–C–N with tert-alkyl or cyclic N) is 1. The van der Waals surface area contributed by atoms with Crippen molar-refractivity contribution in [2.45, 2.75) is 64.2 Å². The van der Waals surface area contributed by atoms with Crippen molar-refractivity contribution in [2.24, 2.45) is 0 Å². The molecule has 2 unspecified atom stereocenters. The number of nitrogens with one attached hydrogen (secondary N) is 1. The van der Waals surface area contributed by atoms with Crippen LogP contribution in [0.5, 0.6) is 0 Å². The third-order valence-electron chi connectivity index (χ3n) is 7.07. The SMILES string of the molecule is CCC(C)n1nc(N2CCC(O)C2)c2cnc(Nc3ccnc(N4CCC(C)(O)CC4)n3)cc21. The molecule has 0 spiro atoms. The van der Waals surface area contributed by atoms with Crippen LogP contribution in [0.4, 0.5) is 23.4 Å². The Hall–Kier alpha value is -2.98. The zero-order valence-corrected chi connectivity index (χ0v) is 20.1. The number of aliphatic hydroxyl groups is 2. The van der Waals surface area contributed by atoms with Gasteiger partial charge in [-0.2, -0.15) is 10.1 Å². The second-order valence-electron chi connectivity index (χ2n) is 9.85. The molecule has 3 aromatic heterocycles. The minimum atomic E-state index is -0.615. The Kier molecular flexibility index (Phi) is 6.03. The molecule has 2 saturated heterocycles. The first kappa shape index (κ1) is 22.8. The van der Waals surface area contributed by atoms with Crippen LogP contribution in [0, 0.1) is 0 Å². The lowest BCUT2D eigenvalue weighted by molar-refractivity contribution is 0.0349. The van der Waals surface area contributed by atoms with Crippen molar-refractivity contribution in [3.63, 3.8) is 0 Å². The van der Waals surface area contributed by atoms with E-state index >= 15 is 0 Å². The van der Waals surface area contributed by atoms with Crippen LogP contribution < -0.4 is 15.1 Å². The Morgan fingerprint density at radius 1 is 1.18 bits per heavy atom. The molecule has 3 N–H and O–H groups in total. The Labute approximate surface area is 199 Å². The van der Waals surface area contributed by atoms with Crippen molar-refractivity contribution in [1.29, 1.82) is 0 Å². The van der Waals surface area contributed by atoms with Gasteiger partial charge in [-0.25, -0.2) is 9.97 Å². The molecule has 182 valence electrons. The maximum atomic E-state index is 10.2. The molecular formula is C24H34N8O2. The molecule has 2 fully saturated rings. The Balaban J connectivity index is 1.41. The first-order chi connectivity index (χ1) is 16.3. The fraction of sp³-hybridized carbons (Fsp3) is 0.583. The maximum absolute atomic E-state index is 10.2. The van der Waals surface area contributed by atoms with Gasteiger partial charge in [0.2, 0.25) is 5.95 Å². The molecule has 2 atom stereocenters. The summed E-state index contributed by atoms with van der Waals surface area (Å²) in [6.45, 7) is 9.04. The summed E-state index contributed by atoms with van der Waals surface area (Å²) in [5.41, 5.74) is 0.395. The standard InChI is InChI=1S/C24H34N8O2/c1-4-16(2)32-19-13-21(26-14-18(19)22(29-32)31-10-6-17(33)15-31)27-20-5-9-25-23(28-20)30-11-7-24(3,34)8-12-30/h5,9,13-14,16-17,33-34H,4,6-8,10-12,15H2,1-3H3,(H,25,26,27,28). The number of aliphatic hydroxyl groups excluding tert-OH is 1. The van der Waals surface area contributed by atoms with Crippen LogP contribution in [0.25, 0.3) is 10.9 Å². The fourth-order valence-corrected chi connectivity index (χ4v) is 4.65. The summed E-state index contributed by atoms with van der Waals surface area (Å²) in [5, 5.41) is 29.5. The van der Waals surface area contributed by atoms with Crippen LogP contribution in [0.3, 0.4) is 0 Å². The van der Waals surface area contributed by atoms with Gasteiger partial charge in [0.25, 0.3) is 0 Å². The molecule has 34 heavy (non-hydrogen) atoms. The minimum Gasteiger partial charge on any atom is -0.391 e. The summed E-state index contributed by atoms with van der Waals surface area (Å²) in [4.78, 5) is 18.0. The van der Waals surface area contributed by atoms with Gasteiger partial charge in [0.1, 0.15) is 11.6 Å². The van der Waals surface area contributed by atoms with Crippen LogP contribution in [-0.2, 0) is 0 Å². The van der Waals surface area contributed by atoms with E-state index in [2.05, 4.69) is 43.6 Å². The van der Waals surface area contributed by atoms with Crippen molar-refractivity contribution in [3.05, 3.63) is 24.5 Å². The molecule has 3 aromatic rings. The van der Waals surface area contributed by atoms with Crippen LogP contribution >= 0.6 is 0 Å². The van der Waals surface area contributed by atoms with Gasteiger partial charge >= 0.3 is 0 Å². The zero-order valence-electron chi connectivity index (χ0n) is 20.1. The molecule has 0 radical (unpaired) electrons. The van der Waals surface area contributed by atoms with E-state index in [0.717, 1.165) is 49.2 Å². The predicted molar refractivity (Wildman–Crippen MR) is 133 cm³/mol. The molecule has 5 rings (SSSR count). The lowest BCUT2D eigenvalue weighted by Gasteiger charge is -2.35. The maximum Gasteiger partial charge on any atom is 0.227 e. The van der Waals surface area contributed by atoms with Crippen molar-refractivity contribution in [1.82, 2.24) is 24.7 Å². The monoisotopic (exact) mass is 466 g/mol. The molecule has 2 aliphatic heterocycles. The summed E-state index contributed by atoms with van der Waals surface area (Å²) < 4.78 is 2.06. The number of anilines is 4. The highest BCUT2D eigenvalue weighted by atomic mass is 16.3. The van der Waals surface area contributed by atoms with Crippen molar-refractivity contribution >= 4 is 34.3 Å². The smallest absolute Gasteiger partial charge is 0.227 e. The normalized spacial score (nSPS) is 21.3. The largest absolute Gasteiger partial charge is 0.391 e. The number of pyridine rings is 1. The van der Waals surface area contributed by atoms with Gasteiger partial charge in [-0.3, -0.25) is 4.68 Å². The highest BCUT2D eigenvalue weighted by molar-refractivity contribution is 5.92. The van der Waals surface area contributed by atoms with Gasteiger partial charge in [-0.05, 0) is 45.6 Å². The Morgan fingerprint density at radius 2 is 1.97 bits per heavy atom.